The molecule has 32 heavy (non-hydrogen) atoms. The van der Waals surface area contributed by atoms with Crippen LogP contribution in [0.1, 0.15) is 37.3 Å². The lowest BCUT2D eigenvalue weighted by Gasteiger charge is -2.12. The summed E-state index contributed by atoms with van der Waals surface area (Å²) in [4.78, 5) is 35.5. The molecule has 0 unspecified atom stereocenters. The number of fused-ring (bicyclic) bond motifs is 3. The molecule has 164 valence electrons. The van der Waals surface area contributed by atoms with Crippen molar-refractivity contribution in [2.75, 3.05) is 6.54 Å². The molecule has 0 amide bonds. The van der Waals surface area contributed by atoms with E-state index >= 15 is 0 Å². The summed E-state index contributed by atoms with van der Waals surface area (Å²) in [5.74, 6) is -0.546. The number of unbranched alkanes of at least 4 members (excludes halogenated alkanes) is 1. The fraction of sp³-hybridized carbons (Fsp3) is 0.320. The van der Waals surface area contributed by atoms with Crippen LogP contribution < -0.4 is 16.1 Å². The lowest BCUT2D eigenvalue weighted by Crippen LogP contribution is -2.31. The van der Waals surface area contributed by atoms with Crippen molar-refractivity contribution < 1.29 is 9.63 Å². The normalized spacial score (nSPS) is 13.1. The molecule has 1 aliphatic carbocycles. The monoisotopic (exact) mass is 430 g/mol. The van der Waals surface area contributed by atoms with E-state index in [1.807, 2.05) is 42.6 Å². The smallest absolute Gasteiger partial charge is 0.330 e. The van der Waals surface area contributed by atoms with Gasteiger partial charge in [0.15, 0.2) is 0 Å². The Hall–Kier alpha value is -3.45. The molecular weight excluding hydrogens is 404 g/mol. The number of carbonyl (C=O) groups is 1. The maximum atomic E-state index is 13.5. The fourth-order valence-electron chi connectivity index (χ4n) is 4.67. The zero-order chi connectivity index (χ0) is 22.2. The predicted octanol–water partition coefficient (Wildman–Crippen LogP) is 3.22. The highest BCUT2D eigenvalue weighted by Crippen LogP contribution is 2.31. The summed E-state index contributed by atoms with van der Waals surface area (Å²) in [5, 5.41) is 0.944. The Morgan fingerprint density at radius 1 is 1.12 bits per heavy atom. The van der Waals surface area contributed by atoms with Crippen LogP contribution in [0.3, 0.4) is 0 Å². The van der Waals surface area contributed by atoms with Crippen LogP contribution >= 0.6 is 0 Å². The van der Waals surface area contributed by atoms with Gasteiger partial charge in [0.2, 0.25) is 0 Å². The SMILES string of the molecule is CC(=O)On1c(=O)c(-c2cn(CCCCN)c3ccccc23)nc2cc3c(cc21)CCC3. The number of hydrogen-bond donors (Lipinski definition) is 1. The van der Waals surface area contributed by atoms with Gasteiger partial charge in [-0.2, -0.15) is 0 Å². The van der Waals surface area contributed by atoms with Crippen molar-refractivity contribution in [1.82, 2.24) is 14.3 Å². The molecule has 7 heteroatoms. The van der Waals surface area contributed by atoms with E-state index in [-0.39, 0.29) is 5.69 Å². The molecule has 2 aromatic heterocycles. The molecule has 2 N–H and O–H groups in total. The molecular formula is C25H26N4O3. The van der Waals surface area contributed by atoms with Crippen molar-refractivity contribution in [3.05, 3.63) is 64.1 Å². The molecule has 2 aromatic carbocycles. The third-order valence-electron chi connectivity index (χ3n) is 6.14. The third kappa shape index (κ3) is 3.48. The van der Waals surface area contributed by atoms with Crippen LogP contribution in [0.25, 0.3) is 33.2 Å². The first-order chi connectivity index (χ1) is 15.6. The number of rotatable bonds is 6. The standard InChI is InChI=1S/C25H26N4O3/c1-16(30)32-29-23-14-18-8-6-7-17(18)13-21(23)27-24(25(29)31)20-15-28(12-5-4-11-26)22-10-3-2-9-19(20)22/h2-3,9-10,13-15H,4-8,11-12,26H2,1H3. The van der Waals surface area contributed by atoms with Gasteiger partial charge in [0.1, 0.15) is 11.2 Å². The van der Waals surface area contributed by atoms with Crippen LogP contribution in [0.15, 0.2) is 47.4 Å². The van der Waals surface area contributed by atoms with Gasteiger partial charge in [-0.25, -0.2) is 9.78 Å². The molecule has 1 aliphatic rings. The lowest BCUT2D eigenvalue weighted by molar-refractivity contribution is -0.141. The van der Waals surface area contributed by atoms with E-state index in [1.54, 1.807) is 0 Å². The maximum Gasteiger partial charge on any atom is 0.330 e. The number of carbonyl (C=O) groups excluding carboxylic acids is 1. The second-order valence-electron chi connectivity index (χ2n) is 8.36. The van der Waals surface area contributed by atoms with E-state index in [9.17, 15) is 9.59 Å². The summed E-state index contributed by atoms with van der Waals surface area (Å²) < 4.78 is 3.25. The molecule has 0 aliphatic heterocycles. The Morgan fingerprint density at radius 2 is 1.91 bits per heavy atom. The Labute approximate surface area is 185 Å². The summed E-state index contributed by atoms with van der Waals surface area (Å²) in [6.07, 6.45) is 6.88. The van der Waals surface area contributed by atoms with Crippen LogP contribution in [-0.4, -0.2) is 26.8 Å². The molecule has 0 spiro atoms. The second-order valence-corrected chi connectivity index (χ2v) is 8.36. The Bertz CT molecular complexity index is 1400. The summed E-state index contributed by atoms with van der Waals surface area (Å²) in [6.45, 7) is 2.75. The molecule has 0 atom stereocenters. The first kappa shape index (κ1) is 20.5. The Morgan fingerprint density at radius 3 is 2.69 bits per heavy atom. The third-order valence-corrected chi connectivity index (χ3v) is 6.14. The largest absolute Gasteiger partial charge is 0.347 e. The number of nitrogens with two attached hydrogens (primary N) is 1. The van der Waals surface area contributed by atoms with Crippen LogP contribution in [-0.2, 0) is 24.2 Å². The zero-order valence-corrected chi connectivity index (χ0v) is 18.1. The highest BCUT2D eigenvalue weighted by atomic mass is 16.7. The first-order valence-corrected chi connectivity index (χ1v) is 11.1. The highest BCUT2D eigenvalue weighted by molar-refractivity contribution is 5.96. The van der Waals surface area contributed by atoms with Gasteiger partial charge < -0.3 is 15.1 Å². The van der Waals surface area contributed by atoms with E-state index in [0.717, 1.165) is 59.8 Å². The second kappa shape index (κ2) is 8.24. The number of benzene rings is 2. The van der Waals surface area contributed by atoms with Crippen molar-refractivity contribution in [3.8, 4) is 11.3 Å². The number of nitrogens with zero attached hydrogens (tertiary/aromatic N) is 3. The topological polar surface area (TPSA) is 92.1 Å². The van der Waals surface area contributed by atoms with Crippen molar-refractivity contribution in [3.63, 3.8) is 0 Å². The molecule has 4 aromatic rings. The summed E-state index contributed by atoms with van der Waals surface area (Å²) in [5.41, 5.74) is 10.9. The summed E-state index contributed by atoms with van der Waals surface area (Å²) >= 11 is 0. The number of aromatic nitrogens is 3. The van der Waals surface area contributed by atoms with Crippen molar-refractivity contribution in [2.45, 2.75) is 45.6 Å². The quantitative estimate of drug-likeness (QED) is 0.474. The fourth-order valence-corrected chi connectivity index (χ4v) is 4.67. The van der Waals surface area contributed by atoms with Crippen molar-refractivity contribution in [1.29, 1.82) is 0 Å². The van der Waals surface area contributed by atoms with Gasteiger partial charge >= 0.3 is 11.5 Å². The molecule has 0 radical (unpaired) electrons. The minimum Gasteiger partial charge on any atom is -0.347 e. The van der Waals surface area contributed by atoms with Crippen LogP contribution in [0.2, 0.25) is 0 Å². The van der Waals surface area contributed by atoms with Gasteiger partial charge in [0.05, 0.1) is 5.52 Å². The highest BCUT2D eigenvalue weighted by Gasteiger charge is 2.21. The zero-order valence-electron chi connectivity index (χ0n) is 18.1. The number of hydrogen-bond acceptors (Lipinski definition) is 5. The van der Waals surface area contributed by atoms with Crippen LogP contribution in [0.5, 0.6) is 0 Å². The average molecular weight is 431 g/mol. The van der Waals surface area contributed by atoms with E-state index in [1.165, 1.54) is 18.1 Å². The Kier molecular flexibility index (Phi) is 5.27. The van der Waals surface area contributed by atoms with Gasteiger partial charge in [-0.3, -0.25) is 4.79 Å². The van der Waals surface area contributed by atoms with Crippen molar-refractivity contribution in [2.24, 2.45) is 5.73 Å². The van der Waals surface area contributed by atoms with Gasteiger partial charge in [0.25, 0.3) is 0 Å². The minimum atomic E-state index is -0.546. The maximum absolute atomic E-state index is 13.5. The minimum absolute atomic E-state index is 0.283. The summed E-state index contributed by atoms with van der Waals surface area (Å²) in [6, 6.07) is 11.9. The van der Waals surface area contributed by atoms with Gasteiger partial charge in [-0.05, 0) is 68.0 Å². The van der Waals surface area contributed by atoms with Crippen LogP contribution in [0.4, 0.5) is 0 Å². The van der Waals surface area contributed by atoms with Gasteiger partial charge in [-0.15, -0.1) is 4.73 Å². The first-order valence-electron chi connectivity index (χ1n) is 11.1. The molecule has 5 rings (SSSR count). The lowest BCUT2D eigenvalue weighted by atomic mass is 10.1. The van der Waals surface area contributed by atoms with Gasteiger partial charge in [0, 0.05) is 36.1 Å². The number of para-hydroxylation sites is 1. The summed E-state index contributed by atoms with van der Waals surface area (Å²) in [7, 11) is 0. The van der Waals surface area contributed by atoms with E-state index < -0.39 is 11.5 Å². The average Bonchev–Trinajstić information content (AvgIpc) is 3.39. The molecule has 0 saturated carbocycles. The van der Waals surface area contributed by atoms with E-state index in [4.69, 9.17) is 15.6 Å². The molecule has 2 heterocycles. The van der Waals surface area contributed by atoms with Crippen molar-refractivity contribution >= 4 is 27.9 Å². The molecule has 0 bridgehead atoms. The van der Waals surface area contributed by atoms with E-state index in [0.29, 0.717) is 17.6 Å². The van der Waals surface area contributed by atoms with Gasteiger partial charge in [-0.1, -0.05) is 18.2 Å². The molecule has 0 fully saturated rings. The van der Waals surface area contributed by atoms with Crippen LogP contribution in [0, 0.1) is 0 Å². The van der Waals surface area contributed by atoms with E-state index in [2.05, 4.69) is 4.57 Å². The molecule has 0 saturated heterocycles. The Balaban J connectivity index is 1.75. The molecule has 7 nitrogen and oxygen atoms in total. The predicted molar refractivity (Wildman–Crippen MR) is 125 cm³/mol. The number of aryl methyl sites for hydroxylation is 3.